The fourth-order valence-electron chi connectivity index (χ4n) is 1.35. The van der Waals surface area contributed by atoms with Crippen molar-refractivity contribution < 1.29 is 13.2 Å². The third-order valence-electron chi connectivity index (χ3n) is 2.37. The minimum Gasteiger partial charge on any atom is -0.380 e. The van der Waals surface area contributed by atoms with Gasteiger partial charge in [0.15, 0.2) is 9.84 Å². The normalized spacial score (nSPS) is 26.2. The molecule has 1 heterocycles. The van der Waals surface area contributed by atoms with Crippen molar-refractivity contribution in [3.63, 3.8) is 0 Å². The third-order valence-corrected chi connectivity index (χ3v) is 4.65. The first-order valence-corrected chi connectivity index (χ1v) is 6.32. The van der Waals surface area contributed by atoms with Crippen molar-refractivity contribution in [1.29, 1.82) is 0 Å². The Balaban J connectivity index is 2.54. The fourth-order valence-corrected chi connectivity index (χ4v) is 3.21. The van der Waals surface area contributed by atoms with Crippen LogP contribution >= 0.6 is 0 Å². The predicted octanol–water partition coefficient (Wildman–Crippen LogP) is -0.0726. The molecule has 1 fully saturated rings. The van der Waals surface area contributed by atoms with E-state index in [4.69, 9.17) is 10.5 Å². The van der Waals surface area contributed by atoms with Gasteiger partial charge >= 0.3 is 0 Å². The summed E-state index contributed by atoms with van der Waals surface area (Å²) in [5, 5.41) is -0.315. The van der Waals surface area contributed by atoms with Crippen LogP contribution in [0.3, 0.4) is 0 Å². The molecule has 0 aliphatic carbocycles. The topological polar surface area (TPSA) is 69.4 Å². The van der Waals surface area contributed by atoms with Gasteiger partial charge in [-0.2, -0.15) is 0 Å². The van der Waals surface area contributed by atoms with E-state index in [-0.39, 0.29) is 17.0 Å². The summed E-state index contributed by atoms with van der Waals surface area (Å²) in [7, 11) is -3.02. The summed E-state index contributed by atoms with van der Waals surface area (Å²) >= 11 is 0. The van der Waals surface area contributed by atoms with Crippen LogP contribution in [0.2, 0.25) is 0 Å². The molecule has 0 bridgehead atoms. The summed E-state index contributed by atoms with van der Waals surface area (Å²) in [6.45, 7) is 2.80. The summed E-state index contributed by atoms with van der Waals surface area (Å²) in [6, 6.07) is -0.231. The molecule has 0 radical (unpaired) electrons. The molecule has 13 heavy (non-hydrogen) atoms. The van der Waals surface area contributed by atoms with Crippen LogP contribution in [-0.2, 0) is 14.6 Å². The Labute approximate surface area is 79.4 Å². The van der Waals surface area contributed by atoms with Crippen molar-refractivity contribution in [3.8, 4) is 0 Å². The Morgan fingerprint density at radius 3 is 2.77 bits per heavy atom. The maximum atomic E-state index is 11.6. The Kier molecular flexibility index (Phi) is 3.70. The van der Waals surface area contributed by atoms with Crippen LogP contribution in [0, 0.1) is 0 Å². The second-order valence-corrected chi connectivity index (χ2v) is 5.81. The molecule has 0 aromatic heterocycles. The molecule has 4 nitrogen and oxygen atoms in total. The lowest BCUT2D eigenvalue weighted by Gasteiger charge is -2.13. The molecular formula is C8H17NO3S. The number of rotatable bonds is 4. The highest BCUT2D eigenvalue weighted by atomic mass is 32.2. The van der Waals surface area contributed by atoms with Crippen LogP contribution in [0.1, 0.15) is 19.8 Å². The lowest BCUT2D eigenvalue weighted by molar-refractivity contribution is 0.198. The van der Waals surface area contributed by atoms with E-state index in [2.05, 4.69) is 0 Å². The van der Waals surface area contributed by atoms with Crippen molar-refractivity contribution in [3.05, 3.63) is 0 Å². The van der Waals surface area contributed by atoms with Gasteiger partial charge in [-0.1, -0.05) is 6.92 Å². The van der Waals surface area contributed by atoms with E-state index in [1.54, 1.807) is 0 Å². The molecule has 2 atom stereocenters. The summed E-state index contributed by atoms with van der Waals surface area (Å²) in [5.41, 5.74) is 5.61. The van der Waals surface area contributed by atoms with Gasteiger partial charge in [-0.3, -0.25) is 0 Å². The quantitative estimate of drug-likeness (QED) is 0.700. The summed E-state index contributed by atoms with van der Waals surface area (Å²) < 4.78 is 28.3. The maximum absolute atomic E-state index is 11.6. The second-order valence-electron chi connectivity index (χ2n) is 3.48. The zero-order chi connectivity index (χ0) is 9.90. The molecule has 1 rings (SSSR count). The van der Waals surface area contributed by atoms with Gasteiger partial charge in [0.25, 0.3) is 0 Å². The van der Waals surface area contributed by atoms with E-state index in [9.17, 15) is 8.42 Å². The fraction of sp³-hybridized carbons (Fsp3) is 1.00. The van der Waals surface area contributed by atoms with Crippen molar-refractivity contribution in [2.45, 2.75) is 31.1 Å². The minimum absolute atomic E-state index is 0.0948. The van der Waals surface area contributed by atoms with E-state index < -0.39 is 9.84 Å². The van der Waals surface area contributed by atoms with E-state index >= 15 is 0 Å². The second kappa shape index (κ2) is 4.39. The number of nitrogens with two attached hydrogens (primary N) is 1. The number of ether oxygens (including phenoxy) is 1. The minimum atomic E-state index is -3.02. The van der Waals surface area contributed by atoms with Gasteiger partial charge in [-0.25, -0.2) is 8.42 Å². The number of sulfone groups is 1. The van der Waals surface area contributed by atoms with Gasteiger partial charge in [0.1, 0.15) is 0 Å². The Morgan fingerprint density at radius 1 is 1.62 bits per heavy atom. The molecule has 2 N–H and O–H groups in total. The molecule has 0 saturated carbocycles. The lowest BCUT2D eigenvalue weighted by Crippen LogP contribution is -2.34. The van der Waals surface area contributed by atoms with Crippen LogP contribution in [0.5, 0.6) is 0 Å². The highest BCUT2D eigenvalue weighted by Gasteiger charge is 2.30. The SMILES string of the molecule is CCC(N)CS(=O)(=O)C1CCOC1. The molecule has 1 saturated heterocycles. The van der Waals surface area contributed by atoms with Gasteiger partial charge < -0.3 is 10.5 Å². The molecule has 0 aromatic carbocycles. The van der Waals surface area contributed by atoms with Crippen LogP contribution in [0.4, 0.5) is 0 Å². The molecule has 2 unspecified atom stereocenters. The summed E-state index contributed by atoms with van der Waals surface area (Å²) in [6.07, 6.45) is 1.32. The molecule has 0 aromatic rings. The van der Waals surface area contributed by atoms with Crippen molar-refractivity contribution >= 4 is 9.84 Å². The maximum Gasteiger partial charge on any atom is 0.157 e. The van der Waals surface area contributed by atoms with E-state index in [1.807, 2.05) is 6.92 Å². The smallest absolute Gasteiger partial charge is 0.157 e. The first-order chi connectivity index (χ1) is 6.06. The molecule has 0 spiro atoms. The van der Waals surface area contributed by atoms with Crippen LogP contribution in [0.15, 0.2) is 0 Å². The molecule has 1 aliphatic rings. The third kappa shape index (κ3) is 2.93. The van der Waals surface area contributed by atoms with Gasteiger partial charge in [0.2, 0.25) is 0 Å². The van der Waals surface area contributed by atoms with Crippen molar-refractivity contribution in [1.82, 2.24) is 0 Å². The van der Waals surface area contributed by atoms with Gasteiger partial charge in [0.05, 0.1) is 17.6 Å². The average molecular weight is 207 g/mol. The van der Waals surface area contributed by atoms with Crippen LogP contribution < -0.4 is 5.73 Å². The van der Waals surface area contributed by atoms with Crippen molar-refractivity contribution in [2.75, 3.05) is 19.0 Å². The van der Waals surface area contributed by atoms with Gasteiger partial charge in [-0.15, -0.1) is 0 Å². The number of hydrogen-bond acceptors (Lipinski definition) is 4. The Hall–Kier alpha value is -0.130. The molecular weight excluding hydrogens is 190 g/mol. The van der Waals surface area contributed by atoms with Crippen LogP contribution in [0.25, 0.3) is 0 Å². The molecule has 5 heteroatoms. The Bertz CT molecular complexity index is 244. The van der Waals surface area contributed by atoms with Gasteiger partial charge in [-0.05, 0) is 12.8 Å². The van der Waals surface area contributed by atoms with Crippen molar-refractivity contribution in [2.24, 2.45) is 5.73 Å². The molecule has 0 amide bonds. The van der Waals surface area contributed by atoms with E-state index in [1.165, 1.54) is 0 Å². The standard InChI is InChI=1S/C8H17NO3S/c1-2-7(9)6-13(10,11)8-3-4-12-5-8/h7-8H,2-6,9H2,1H3. The highest BCUT2D eigenvalue weighted by molar-refractivity contribution is 7.92. The van der Waals surface area contributed by atoms with Gasteiger partial charge in [0, 0.05) is 12.6 Å². The lowest BCUT2D eigenvalue weighted by atomic mass is 10.3. The van der Waals surface area contributed by atoms with Crippen LogP contribution in [-0.4, -0.2) is 38.7 Å². The van der Waals surface area contributed by atoms with E-state index in [0.29, 0.717) is 26.1 Å². The Morgan fingerprint density at radius 2 is 2.31 bits per heavy atom. The summed E-state index contributed by atoms with van der Waals surface area (Å²) in [4.78, 5) is 0. The highest BCUT2D eigenvalue weighted by Crippen LogP contribution is 2.15. The molecule has 78 valence electrons. The first-order valence-electron chi connectivity index (χ1n) is 4.61. The largest absolute Gasteiger partial charge is 0.380 e. The predicted molar refractivity (Wildman–Crippen MR) is 51.3 cm³/mol. The zero-order valence-electron chi connectivity index (χ0n) is 7.90. The van der Waals surface area contributed by atoms with E-state index in [0.717, 1.165) is 0 Å². The summed E-state index contributed by atoms with van der Waals surface area (Å²) in [5.74, 6) is 0.0948. The molecule has 1 aliphatic heterocycles. The number of hydrogen-bond donors (Lipinski definition) is 1. The average Bonchev–Trinajstić information content (AvgIpc) is 2.55. The first kappa shape index (κ1) is 10.9. The zero-order valence-corrected chi connectivity index (χ0v) is 8.72. The monoisotopic (exact) mass is 207 g/mol.